The lowest BCUT2D eigenvalue weighted by Crippen LogP contribution is -2.03. The van der Waals surface area contributed by atoms with Crippen LogP contribution in [-0.2, 0) is 13.1 Å². The third-order valence-electron chi connectivity index (χ3n) is 3.94. The van der Waals surface area contributed by atoms with Crippen molar-refractivity contribution in [2.24, 2.45) is 0 Å². The van der Waals surface area contributed by atoms with Gasteiger partial charge in [-0.2, -0.15) is 0 Å². The van der Waals surface area contributed by atoms with Crippen molar-refractivity contribution in [1.29, 1.82) is 0 Å². The summed E-state index contributed by atoms with van der Waals surface area (Å²) in [6.45, 7) is 1.55. The Hall–Kier alpha value is -2.73. The molecule has 0 bridgehead atoms. The average Bonchev–Trinajstić information content (AvgIpc) is 3.13. The lowest BCUT2D eigenvalue weighted by Gasteiger charge is -2.10. The maximum absolute atomic E-state index is 4.48. The molecule has 0 radical (unpaired) electrons. The summed E-state index contributed by atoms with van der Waals surface area (Å²) in [5.74, 6) is 0. The highest BCUT2D eigenvalue weighted by molar-refractivity contribution is 9.10. The Morgan fingerprint density at radius 1 is 1.04 bits per heavy atom. The van der Waals surface area contributed by atoms with E-state index in [1.807, 2.05) is 24.7 Å². The molecule has 5 nitrogen and oxygen atoms in total. The van der Waals surface area contributed by atoms with Gasteiger partial charge in [-0.1, -0.05) is 24.3 Å². The summed E-state index contributed by atoms with van der Waals surface area (Å²) in [5, 5.41) is 3.47. The maximum atomic E-state index is 4.48. The van der Waals surface area contributed by atoms with E-state index in [1.165, 1.54) is 11.1 Å². The molecule has 6 heteroatoms. The summed E-state index contributed by atoms with van der Waals surface area (Å²) < 4.78 is 2.99. The van der Waals surface area contributed by atoms with Gasteiger partial charge in [-0.25, -0.2) is 4.98 Å². The number of pyridine rings is 2. The highest BCUT2D eigenvalue weighted by atomic mass is 79.9. The molecular weight excluding hydrogens is 378 g/mol. The lowest BCUT2D eigenvalue weighted by molar-refractivity contribution is 0.796. The van der Waals surface area contributed by atoms with Crippen LogP contribution < -0.4 is 5.32 Å². The van der Waals surface area contributed by atoms with Gasteiger partial charge < -0.3 is 9.88 Å². The van der Waals surface area contributed by atoms with E-state index in [4.69, 9.17) is 0 Å². The number of rotatable bonds is 5. The minimum Gasteiger partial charge on any atom is -0.379 e. The van der Waals surface area contributed by atoms with Crippen molar-refractivity contribution in [1.82, 2.24) is 19.5 Å². The van der Waals surface area contributed by atoms with Crippen molar-refractivity contribution in [3.8, 4) is 0 Å². The molecule has 0 atom stereocenters. The second-order valence-electron chi connectivity index (χ2n) is 5.79. The van der Waals surface area contributed by atoms with Crippen LogP contribution in [-0.4, -0.2) is 19.5 Å². The number of aromatic nitrogens is 4. The molecule has 124 valence electrons. The summed E-state index contributed by atoms with van der Waals surface area (Å²) in [4.78, 5) is 12.9. The predicted octanol–water partition coefficient (Wildman–Crippen LogP) is 4.25. The number of halogens is 1. The monoisotopic (exact) mass is 393 g/mol. The molecular formula is C19H16BrN5. The van der Waals surface area contributed by atoms with Gasteiger partial charge in [0.25, 0.3) is 0 Å². The molecule has 0 saturated heterocycles. The second-order valence-corrected chi connectivity index (χ2v) is 6.70. The van der Waals surface area contributed by atoms with Gasteiger partial charge in [-0.3, -0.25) is 9.97 Å². The number of hydrogen-bond donors (Lipinski definition) is 1. The van der Waals surface area contributed by atoms with Crippen molar-refractivity contribution in [2.45, 2.75) is 13.1 Å². The molecule has 4 aromatic rings. The van der Waals surface area contributed by atoms with Crippen LogP contribution in [0, 0.1) is 0 Å². The largest absolute Gasteiger partial charge is 0.379 e. The smallest absolute Gasteiger partial charge is 0.112 e. The van der Waals surface area contributed by atoms with Crippen LogP contribution in [0.5, 0.6) is 0 Å². The average molecular weight is 394 g/mol. The molecule has 0 aliphatic carbocycles. The summed E-state index contributed by atoms with van der Waals surface area (Å²) in [7, 11) is 0. The van der Waals surface area contributed by atoms with Crippen molar-refractivity contribution >= 4 is 32.7 Å². The molecule has 0 amide bonds. The predicted molar refractivity (Wildman–Crippen MR) is 102 cm³/mol. The fraction of sp³-hybridized carbons (Fsp3) is 0.105. The first-order chi connectivity index (χ1) is 12.3. The van der Waals surface area contributed by atoms with Gasteiger partial charge in [0.05, 0.1) is 17.5 Å². The Bertz CT molecular complexity index is 998. The first-order valence-corrected chi connectivity index (χ1v) is 8.75. The van der Waals surface area contributed by atoms with Gasteiger partial charge in [0.15, 0.2) is 0 Å². The summed E-state index contributed by atoms with van der Waals surface area (Å²) >= 11 is 3.44. The van der Waals surface area contributed by atoms with Gasteiger partial charge in [-0.05, 0) is 39.2 Å². The zero-order chi connectivity index (χ0) is 17.1. The van der Waals surface area contributed by atoms with Crippen LogP contribution in [0.1, 0.15) is 11.1 Å². The molecule has 25 heavy (non-hydrogen) atoms. The lowest BCUT2D eigenvalue weighted by atomic mass is 10.1. The van der Waals surface area contributed by atoms with Crippen molar-refractivity contribution in [2.75, 3.05) is 5.32 Å². The van der Waals surface area contributed by atoms with Crippen molar-refractivity contribution < 1.29 is 0 Å². The number of imidazole rings is 1. The number of benzene rings is 1. The van der Waals surface area contributed by atoms with E-state index in [0.29, 0.717) is 0 Å². The Morgan fingerprint density at radius 3 is 2.84 bits per heavy atom. The summed E-state index contributed by atoms with van der Waals surface area (Å²) in [6.07, 6.45) is 9.19. The highest BCUT2D eigenvalue weighted by Gasteiger charge is 2.04. The molecule has 3 heterocycles. The normalized spacial score (nSPS) is 10.9. The molecule has 0 aliphatic heterocycles. The van der Waals surface area contributed by atoms with E-state index in [9.17, 15) is 0 Å². The van der Waals surface area contributed by atoms with Crippen LogP contribution in [0.2, 0.25) is 0 Å². The second kappa shape index (κ2) is 7.03. The molecule has 0 saturated carbocycles. The number of fused-ring (bicyclic) bond motifs is 1. The number of anilines is 1. The highest BCUT2D eigenvalue weighted by Crippen LogP contribution is 2.22. The van der Waals surface area contributed by atoms with E-state index < -0.39 is 0 Å². The van der Waals surface area contributed by atoms with Gasteiger partial charge >= 0.3 is 0 Å². The van der Waals surface area contributed by atoms with Crippen LogP contribution in [0.4, 0.5) is 5.69 Å². The van der Waals surface area contributed by atoms with E-state index >= 15 is 0 Å². The van der Waals surface area contributed by atoms with Gasteiger partial charge in [0.2, 0.25) is 0 Å². The topological polar surface area (TPSA) is 55.6 Å². The number of hydrogen-bond acceptors (Lipinski definition) is 4. The molecule has 1 aromatic carbocycles. The fourth-order valence-electron chi connectivity index (χ4n) is 2.77. The van der Waals surface area contributed by atoms with E-state index in [2.05, 4.69) is 65.0 Å². The summed E-state index contributed by atoms with van der Waals surface area (Å²) in [6, 6.07) is 12.5. The molecule has 0 spiro atoms. The van der Waals surface area contributed by atoms with E-state index in [-0.39, 0.29) is 0 Å². The van der Waals surface area contributed by atoms with Crippen molar-refractivity contribution in [3.05, 3.63) is 83.1 Å². The Kier molecular flexibility index (Phi) is 4.43. The van der Waals surface area contributed by atoms with Crippen LogP contribution in [0.3, 0.4) is 0 Å². The van der Waals surface area contributed by atoms with Crippen molar-refractivity contribution in [3.63, 3.8) is 0 Å². The molecule has 4 rings (SSSR count). The van der Waals surface area contributed by atoms with Crippen LogP contribution in [0.25, 0.3) is 11.0 Å². The summed E-state index contributed by atoms with van der Waals surface area (Å²) in [5.41, 5.74) is 5.20. The Labute approximate surface area is 153 Å². The molecule has 3 aromatic heterocycles. The Balaban J connectivity index is 1.52. The van der Waals surface area contributed by atoms with Gasteiger partial charge in [0, 0.05) is 42.3 Å². The zero-order valence-corrected chi connectivity index (χ0v) is 15.0. The SMILES string of the molecule is Brc1cnc2c(NCc3cccc(Cn4ccnc4)c3)ccnc2c1. The number of nitrogens with zero attached hydrogens (tertiary/aromatic N) is 4. The first-order valence-electron chi connectivity index (χ1n) is 7.96. The minimum atomic E-state index is 0.731. The third-order valence-corrected chi connectivity index (χ3v) is 4.38. The molecule has 0 aliphatic rings. The quantitative estimate of drug-likeness (QED) is 0.550. The first kappa shape index (κ1) is 15.8. The van der Waals surface area contributed by atoms with Gasteiger partial charge in [0.1, 0.15) is 5.52 Å². The van der Waals surface area contributed by atoms with E-state index in [1.54, 1.807) is 18.6 Å². The maximum Gasteiger partial charge on any atom is 0.112 e. The fourth-order valence-corrected chi connectivity index (χ4v) is 3.09. The Morgan fingerprint density at radius 2 is 1.96 bits per heavy atom. The molecule has 0 unspecified atom stereocenters. The van der Waals surface area contributed by atoms with Crippen LogP contribution in [0.15, 0.2) is 72.0 Å². The third kappa shape index (κ3) is 3.69. The molecule has 0 fully saturated rings. The standard InChI is InChI=1S/C19H16BrN5/c20-16-9-18-19(24-11-16)17(4-5-22-18)23-10-14-2-1-3-15(8-14)12-25-7-6-21-13-25/h1-9,11,13H,10,12H2,(H,22,23). The van der Waals surface area contributed by atoms with Gasteiger partial charge in [-0.15, -0.1) is 0 Å². The minimum absolute atomic E-state index is 0.731. The van der Waals surface area contributed by atoms with E-state index in [0.717, 1.165) is 34.3 Å². The van der Waals surface area contributed by atoms with Crippen LogP contribution >= 0.6 is 15.9 Å². The number of nitrogens with one attached hydrogen (secondary N) is 1. The molecule has 1 N–H and O–H groups in total. The zero-order valence-electron chi connectivity index (χ0n) is 13.4.